The maximum Gasteiger partial charge on any atom is 0.203 e. The minimum Gasteiger partial charge on any atom is -0.493 e. The lowest BCUT2D eigenvalue weighted by atomic mass is 10.3. The first-order chi connectivity index (χ1) is 6.83. The third kappa shape index (κ3) is 2.31. The molecule has 3 heteroatoms. The summed E-state index contributed by atoms with van der Waals surface area (Å²) in [5.41, 5.74) is 0. The Morgan fingerprint density at radius 2 is 1.86 bits per heavy atom. The number of hydrogen-bond donors (Lipinski definition) is 0. The molecule has 0 fully saturated rings. The summed E-state index contributed by atoms with van der Waals surface area (Å²) in [5, 5.41) is 0. The molecule has 0 N–H and O–H groups in total. The summed E-state index contributed by atoms with van der Waals surface area (Å²) < 4.78 is 15.8. The molecule has 3 nitrogen and oxygen atoms in total. The average Bonchev–Trinajstić information content (AvgIpc) is 2.25. The molecule has 1 aromatic rings. The number of methoxy groups -OCH3 is 2. The van der Waals surface area contributed by atoms with Gasteiger partial charge in [-0.25, -0.2) is 0 Å². The first-order valence-corrected chi connectivity index (χ1v) is 4.46. The molecule has 1 rings (SSSR count). The van der Waals surface area contributed by atoms with Gasteiger partial charge in [-0.05, 0) is 25.5 Å². The number of para-hydroxylation sites is 1. The van der Waals surface area contributed by atoms with Crippen LogP contribution in [0.15, 0.2) is 18.2 Å². The van der Waals surface area contributed by atoms with E-state index in [0.29, 0.717) is 23.9 Å². The van der Waals surface area contributed by atoms with Crippen molar-refractivity contribution >= 4 is 0 Å². The highest BCUT2D eigenvalue weighted by Crippen LogP contribution is 2.36. The molecule has 0 amide bonds. The Hall–Kier alpha value is -1.38. The Bertz CT molecular complexity index is 284. The van der Waals surface area contributed by atoms with Crippen molar-refractivity contribution in [2.75, 3.05) is 20.8 Å². The van der Waals surface area contributed by atoms with Crippen molar-refractivity contribution in [3.05, 3.63) is 25.1 Å². The van der Waals surface area contributed by atoms with Crippen LogP contribution in [0.5, 0.6) is 17.2 Å². The molecular weight excluding hydrogens is 180 g/mol. The Balaban J connectivity index is 2.90. The summed E-state index contributed by atoms with van der Waals surface area (Å²) in [6.45, 7) is 4.27. The highest BCUT2D eigenvalue weighted by Gasteiger charge is 2.09. The monoisotopic (exact) mass is 195 g/mol. The number of benzene rings is 1. The molecule has 0 aliphatic heterocycles. The Labute approximate surface area is 84.6 Å². The molecule has 0 spiro atoms. The number of rotatable bonds is 5. The fourth-order valence-corrected chi connectivity index (χ4v) is 1.15. The average molecular weight is 195 g/mol. The van der Waals surface area contributed by atoms with Gasteiger partial charge in [0.1, 0.15) is 0 Å². The fourth-order valence-electron chi connectivity index (χ4n) is 1.15. The minimum absolute atomic E-state index is 0.573. The zero-order valence-electron chi connectivity index (χ0n) is 8.58. The fraction of sp³-hybridized carbons (Fsp3) is 0.364. The van der Waals surface area contributed by atoms with E-state index in [2.05, 4.69) is 6.92 Å². The molecule has 1 radical (unpaired) electrons. The third-order valence-corrected chi connectivity index (χ3v) is 1.77. The lowest BCUT2D eigenvalue weighted by Crippen LogP contribution is -1.99. The van der Waals surface area contributed by atoms with Crippen LogP contribution in [0.3, 0.4) is 0 Å². The van der Waals surface area contributed by atoms with Gasteiger partial charge in [0, 0.05) is 0 Å². The van der Waals surface area contributed by atoms with Crippen LogP contribution >= 0.6 is 0 Å². The van der Waals surface area contributed by atoms with Gasteiger partial charge >= 0.3 is 0 Å². The summed E-state index contributed by atoms with van der Waals surface area (Å²) in [5.74, 6) is 1.99. The van der Waals surface area contributed by atoms with Gasteiger partial charge in [0.15, 0.2) is 11.5 Å². The van der Waals surface area contributed by atoms with Gasteiger partial charge in [-0.2, -0.15) is 0 Å². The van der Waals surface area contributed by atoms with Gasteiger partial charge in [0.05, 0.1) is 20.8 Å². The van der Waals surface area contributed by atoms with Crippen molar-refractivity contribution in [1.29, 1.82) is 0 Å². The summed E-state index contributed by atoms with van der Waals surface area (Å²) in [7, 11) is 3.19. The molecule has 77 valence electrons. The van der Waals surface area contributed by atoms with Crippen molar-refractivity contribution in [2.24, 2.45) is 0 Å². The van der Waals surface area contributed by atoms with Crippen molar-refractivity contribution in [2.45, 2.75) is 6.42 Å². The number of ether oxygens (including phenoxy) is 3. The normalized spacial score (nSPS) is 9.64. The lowest BCUT2D eigenvalue weighted by molar-refractivity contribution is 0.288. The van der Waals surface area contributed by atoms with E-state index in [-0.39, 0.29) is 0 Å². The van der Waals surface area contributed by atoms with Crippen molar-refractivity contribution in [3.8, 4) is 17.2 Å². The zero-order chi connectivity index (χ0) is 10.4. The van der Waals surface area contributed by atoms with E-state index in [9.17, 15) is 0 Å². The van der Waals surface area contributed by atoms with Crippen LogP contribution in [-0.4, -0.2) is 20.8 Å². The largest absolute Gasteiger partial charge is 0.493 e. The van der Waals surface area contributed by atoms with Crippen LogP contribution in [0, 0.1) is 6.92 Å². The lowest BCUT2D eigenvalue weighted by Gasteiger charge is -2.12. The smallest absolute Gasteiger partial charge is 0.203 e. The second-order valence-electron chi connectivity index (χ2n) is 2.69. The van der Waals surface area contributed by atoms with Crippen molar-refractivity contribution in [1.82, 2.24) is 0 Å². The van der Waals surface area contributed by atoms with E-state index in [1.54, 1.807) is 14.2 Å². The van der Waals surface area contributed by atoms with E-state index in [0.717, 1.165) is 6.42 Å². The van der Waals surface area contributed by atoms with Crippen LogP contribution in [-0.2, 0) is 0 Å². The topological polar surface area (TPSA) is 27.7 Å². The maximum atomic E-state index is 5.45. The van der Waals surface area contributed by atoms with Crippen LogP contribution in [0.25, 0.3) is 0 Å². The van der Waals surface area contributed by atoms with E-state index >= 15 is 0 Å². The molecule has 0 heterocycles. The summed E-state index contributed by atoms with van der Waals surface area (Å²) in [6, 6.07) is 5.53. The Morgan fingerprint density at radius 3 is 2.43 bits per heavy atom. The molecular formula is C11H15O3. The molecule has 0 aliphatic carbocycles. The van der Waals surface area contributed by atoms with E-state index in [4.69, 9.17) is 14.2 Å². The predicted molar refractivity (Wildman–Crippen MR) is 55.0 cm³/mol. The van der Waals surface area contributed by atoms with Crippen molar-refractivity contribution < 1.29 is 14.2 Å². The van der Waals surface area contributed by atoms with Gasteiger partial charge in [-0.15, -0.1) is 0 Å². The highest BCUT2D eigenvalue weighted by molar-refractivity contribution is 5.50. The second-order valence-corrected chi connectivity index (χ2v) is 2.69. The maximum absolute atomic E-state index is 5.45. The van der Waals surface area contributed by atoms with Gasteiger partial charge in [-0.3, -0.25) is 0 Å². The van der Waals surface area contributed by atoms with Gasteiger partial charge in [0.25, 0.3) is 0 Å². The molecule has 0 unspecified atom stereocenters. The van der Waals surface area contributed by atoms with Gasteiger partial charge < -0.3 is 14.2 Å². The molecule has 0 saturated heterocycles. The number of hydrogen-bond acceptors (Lipinski definition) is 3. The van der Waals surface area contributed by atoms with E-state index < -0.39 is 0 Å². The van der Waals surface area contributed by atoms with Crippen LogP contribution < -0.4 is 14.2 Å². The third-order valence-electron chi connectivity index (χ3n) is 1.77. The van der Waals surface area contributed by atoms with Crippen LogP contribution in [0.4, 0.5) is 0 Å². The first-order valence-electron chi connectivity index (χ1n) is 4.46. The van der Waals surface area contributed by atoms with Crippen LogP contribution in [0.1, 0.15) is 6.42 Å². The second kappa shape index (κ2) is 5.37. The molecule has 0 bridgehead atoms. The predicted octanol–water partition coefficient (Wildman–Crippen LogP) is 2.31. The van der Waals surface area contributed by atoms with Crippen LogP contribution in [0.2, 0.25) is 0 Å². The summed E-state index contributed by atoms with van der Waals surface area (Å²) >= 11 is 0. The van der Waals surface area contributed by atoms with Gasteiger partial charge in [0.2, 0.25) is 5.75 Å². The zero-order valence-corrected chi connectivity index (χ0v) is 8.58. The van der Waals surface area contributed by atoms with Gasteiger partial charge in [-0.1, -0.05) is 6.07 Å². The standard InChI is InChI=1S/C11H15O3/c1-4-8-14-10-7-5-6-9(12-2)11(10)13-3/h5-7H,1,4,8H2,2-3H3. The quantitative estimate of drug-likeness (QED) is 0.721. The molecule has 1 aromatic carbocycles. The van der Waals surface area contributed by atoms with E-state index in [1.165, 1.54) is 0 Å². The Kier molecular flexibility index (Phi) is 4.11. The molecule has 0 aliphatic rings. The minimum atomic E-state index is 0.573. The highest BCUT2D eigenvalue weighted by atomic mass is 16.5. The van der Waals surface area contributed by atoms with E-state index in [1.807, 2.05) is 18.2 Å². The first kappa shape index (κ1) is 10.7. The SMILES string of the molecule is [CH2]CCOc1cccc(OC)c1OC. The summed E-state index contributed by atoms with van der Waals surface area (Å²) in [6.07, 6.45) is 0.723. The molecule has 0 aromatic heterocycles. The molecule has 14 heavy (non-hydrogen) atoms. The molecule has 0 atom stereocenters. The molecule has 0 saturated carbocycles. The summed E-state index contributed by atoms with van der Waals surface area (Å²) in [4.78, 5) is 0. The Morgan fingerprint density at radius 1 is 1.14 bits per heavy atom. The van der Waals surface area contributed by atoms with Crippen molar-refractivity contribution in [3.63, 3.8) is 0 Å².